The zero-order valence-corrected chi connectivity index (χ0v) is 8.31. The molecule has 4 atom stereocenters. The van der Waals surface area contributed by atoms with Gasteiger partial charge in [0.25, 0.3) is 0 Å². The highest BCUT2D eigenvalue weighted by Crippen LogP contribution is 2.55. The number of Topliss-reactive ketones (excluding diaryl/α,β-unsaturated/α-hetero) is 1. The second kappa shape index (κ2) is 2.53. The summed E-state index contributed by atoms with van der Waals surface area (Å²) in [5.41, 5.74) is 0.0186. The quantitative estimate of drug-likeness (QED) is 0.567. The normalized spacial score (nSPS) is 49.5. The van der Waals surface area contributed by atoms with E-state index in [0.29, 0.717) is 17.7 Å². The number of fused-ring (bicyclic) bond motifs is 1. The van der Waals surface area contributed by atoms with Gasteiger partial charge in [-0.3, -0.25) is 14.8 Å². The van der Waals surface area contributed by atoms with E-state index in [2.05, 4.69) is 16.9 Å². The molecule has 1 heterocycles. The third-order valence-corrected chi connectivity index (χ3v) is 3.86. The van der Waals surface area contributed by atoms with E-state index in [9.17, 15) is 4.79 Å². The van der Waals surface area contributed by atoms with Crippen LogP contribution >= 0.6 is 0 Å². The predicted octanol–water partition coefficient (Wildman–Crippen LogP) is 1.27. The highest BCUT2D eigenvalue weighted by atomic mass is 16.1. The predicted molar refractivity (Wildman–Crippen MR) is 55.0 cm³/mol. The van der Waals surface area contributed by atoms with Crippen molar-refractivity contribution in [2.24, 2.45) is 21.3 Å². The minimum absolute atomic E-state index is 0.0186. The Balaban J connectivity index is 1.87. The molecule has 0 amide bonds. The molecule has 1 aliphatic heterocycles. The zero-order chi connectivity index (χ0) is 9.76. The van der Waals surface area contributed by atoms with E-state index in [-0.39, 0.29) is 11.5 Å². The van der Waals surface area contributed by atoms with Crippen molar-refractivity contribution in [2.75, 3.05) is 0 Å². The van der Waals surface area contributed by atoms with Crippen LogP contribution in [0.2, 0.25) is 0 Å². The van der Waals surface area contributed by atoms with Crippen LogP contribution in [-0.2, 0) is 4.79 Å². The van der Waals surface area contributed by atoms with E-state index in [1.54, 1.807) is 12.4 Å². The average molecular weight is 190 g/mol. The lowest BCUT2D eigenvalue weighted by molar-refractivity contribution is -0.113. The Hall–Kier alpha value is -0.990. The van der Waals surface area contributed by atoms with Crippen molar-refractivity contribution in [3.8, 4) is 0 Å². The van der Waals surface area contributed by atoms with Gasteiger partial charge in [-0.15, -0.1) is 0 Å². The molecule has 4 unspecified atom stereocenters. The summed E-state index contributed by atoms with van der Waals surface area (Å²) in [5, 5.41) is 0. The van der Waals surface area contributed by atoms with Crippen LogP contribution in [0.15, 0.2) is 9.98 Å². The molecule has 0 aromatic heterocycles. The van der Waals surface area contributed by atoms with Gasteiger partial charge in [0, 0.05) is 24.3 Å². The Morgan fingerprint density at radius 3 is 2.79 bits per heavy atom. The minimum atomic E-state index is 0.0186. The van der Waals surface area contributed by atoms with Crippen LogP contribution in [0.5, 0.6) is 0 Å². The summed E-state index contributed by atoms with van der Waals surface area (Å²) in [6, 6.07) is 0.606. The summed E-state index contributed by atoms with van der Waals surface area (Å²) in [5.74, 6) is 0.960. The van der Waals surface area contributed by atoms with E-state index in [4.69, 9.17) is 0 Å². The van der Waals surface area contributed by atoms with Crippen molar-refractivity contribution in [1.29, 1.82) is 0 Å². The molecule has 2 aliphatic carbocycles. The summed E-state index contributed by atoms with van der Waals surface area (Å²) in [4.78, 5) is 20.3. The number of hydrogen-bond donors (Lipinski definition) is 0. The molecule has 0 aromatic carbocycles. The number of aliphatic imine (C=N–C) groups is 2. The summed E-state index contributed by atoms with van der Waals surface area (Å²) >= 11 is 0. The van der Waals surface area contributed by atoms with E-state index in [1.807, 2.05) is 0 Å². The Bertz CT molecular complexity index is 347. The van der Waals surface area contributed by atoms with Crippen LogP contribution in [0.3, 0.4) is 0 Å². The smallest absolute Gasteiger partial charge is 0.140 e. The van der Waals surface area contributed by atoms with E-state index < -0.39 is 0 Å². The first-order valence-electron chi connectivity index (χ1n) is 5.29. The summed E-state index contributed by atoms with van der Waals surface area (Å²) < 4.78 is 0. The molecule has 2 saturated carbocycles. The van der Waals surface area contributed by atoms with Gasteiger partial charge in [-0.1, -0.05) is 6.92 Å². The van der Waals surface area contributed by atoms with Crippen LogP contribution in [0.1, 0.15) is 26.2 Å². The van der Waals surface area contributed by atoms with Gasteiger partial charge in [0.2, 0.25) is 0 Å². The first-order chi connectivity index (χ1) is 6.71. The van der Waals surface area contributed by atoms with Crippen LogP contribution in [0.4, 0.5) is 0 Å². The fourth-order valence-corrected chi connectivity index (χ4v) is 3.03. The number of hydrogen-bond acceptors (Lipinski definition) is 3. The second-order valence-electron chi connectivity index (χ2n) is 4.92. The summed E-state index contributed by atoms with van der Waals surface area (Å²) in [6.45, 7) is 2.20. The van der Waals surface area contributed by atoms with Crippen molar-refractivity contribution in [3.63, 3.8) is 0 Å². The van der Waals surface area contributed by atoms with Gasteiger partial charge in [0.05, 0.1) is 12.1 Å². The molecule has 2 fully saturated rings. The highest BCUT2D eigenvalue weighted by molar-refractivity contribution is 6.16. The van der Waals surface area contributed by atoms with Crippen molar-refractivity contribution >= 4 is 18.2 Å². The monoisotopic (exact) mass is 190 g/mol. The van der Waals surface area contributed by atoms with Crippen molar-refractivity contribution in [2.45, 2.75) is 38.3 Å². The zero-order valence-electron chi connectivity index (χ0n) is 8.31. The average Bonchev–Trinajstić information content (AvgIpc) is 2.75. The van der Waals surface area contributed by atoms with Gasteiger partial charge in [0.1, 0.15) is 5.78 Å². The fraction of sp³-hybridized carbons (Fsp3) is 0.727. The Morgan fingerprint density at radius 2 is 2.07 bits per heavy atom. The molecule has 0 bridgehead atoms. The Morgan fingerprint density at radius 1 is 1.36 bits per heavy atom. The molecule has 1 spiro atoms. The van der Waals surface area contributed by atoms with Gasteiger partial charge in [-0.25, -0.2) is 0 Å². The first-order valence-corrected chi connectivity index (χ1v) is 5.29. The number of carbonyl (C=O) groups excluding carboxylic acids is 1. The highest BCUT2D eigenvalue weighted by Gasteiger charge is 2.59. The second-order valence-corrected chi connectivity index (χ2v) is 4.92. The Labute approximate surface area is 83.3 Å². The van der Waals surface area contributed by atoms with Gasteiger partial charge < -0.3 is 0 Å². The molecule has 0 N–H and O–H groups in total. The summed E-state index contributed by atoms with van der Waals surface area (Å²) in [6.07, 6.45) is 6.33. The van der Waals surface area contributed by atoms with Gasteiger partial charge in [-0.05, 0) is 18.8 Å². The third-order valence-electron chi connectivity index (χ3n) is 3.86. The van der Waals surface area contributed by atoms with Crippen LogP contribution in [-0.4, -0.2) is 30.3 Å². The molecule has 14 heavy (non-hydrogen) atoms. The van der Waals surface area contributed by atoms with Gasteiger partial charge >= 0.3 is 0 Å². The molecule has 3 heteroatoms. The van der Waals surface area contributed by atoms with Crippen molar-refractivity contribution < 1.29 is 4.79 Å². The molecule has 3 nitrogen and oxygen atoms in total. The largest absolute Gasteiger partial charge is 0.299 e. The van der Waals surface area contributed by atoms with Crippen LogP contribution in [0, 0.1) is 11.3 Å². The lowest BCUT2D eigenvalue weighted by Crippen LogP contribution is -2.40. The first kappa shape index (κ1) is 8.33. The van der Waals surface area contributed by atoms with Crippen molar-refractivity contribution in [1.82, 2.24) is 0 Å². The maximum atomic E-state index is 11.4. The SMILES string of the molecule is CC1CC2(CC2=O)CC2N=CC=NC12. The van der Waals surface area contributed by atoms with Crippen LogP contribution < -0.4 is 0 Å². The standard InChI is InChI=1S/C11H14N2O/c1-7-4-11(6-9(11)14)5-8-10(7)13-3-2-12-8/h2-3,7-8,10H,4-6H2,1H3. The number of nitrogens with zero attached hydrogens (tertiary/aromatic N) is 2. The lowest BCUT2D eigenvalue weighted by Gasteiger charge is -2.36. The number of carbonyl (C=O) groups is 1. The molecule has 0 aromatic rings. The van der Waals surface area contributed by atoms with E-state index in [1.165, 1.54) is 0 Å². The molecule has 74 valence electrons. The fourth-order valence-electron chi connectivity index (χ4n) is 3.03. The van der Waals surface area contributed by atoms with E-state index in [0.717, 1.165) is 19.3 Å². The Kier molecular flexibility index (Phi) is 1.50. The molecule has 3 aliphatic rings. The topological polar surface area (TPSA) is 41.8 Å². The molecular weight excluding hydrogens is 176 g/mol. The minimum Gasteiger partial charge on any atom is -0.299 e. The van der Waals surface area contributed by atoms with Gasteiger partial charge in [0.15, 0.2) is 0 Å². The van der Waals surface area contributed by atoms with Crippen LogP contribution in [0.25, 0.3) is 0 Å². The summed E-state index contributed by atoms with van der Waals surface area (Å²) in [7, 11) is 0. The molecule has 0 saturated heterocycles. The molecular formula is C11H14N2O. The van der Waals surface area contributed by atoms with Crippen molar-refractivity contribution in [3.05, 3.63) is 0 Å². The van der Waals surface area contributed by atoms with Gasteiger partial charge in [-0.2, -0.15) is 0 Å². The molecule has 0 radical (unpaired) electrons. The maximum absolute atomic E-state index is 11.4. The lowest BCUT2D eigenvalue weighted by atomic mass is 9.74. The maximum Gasteiger partial charge on any atom is 0.140 e. The number of ketones is 1. The van der Waals surface area contributed by atoms with E-state index >= 15 is 0 Å². The third kappa shape index (κ3) is 1.01. The molecule has 3 rings (SSSR count). The number of rotatable bonds is 0.